The fraction of sp³-hybridized carbons (Fsp3) is 0.842. The molecule has 2 nitrogen and oxygen atoms in total. The number of rotatable bonds is 15. The monoisotopic (exact) mass is 297 g/mol. The molecule has 0 radical (unpaired) electrons. The first kappa shape index (κ1) is 20.2. The number of hydrogen-bond acceptors (Lipinski definition) is 2. The molecule has 0 aliphatic rings. The predicted molar refractivity (Wildman–Crippen MR) is 91.5 cm³/mol. The Labute approximate surface area is 132 Å². The summed E-state index contributed by atoms with van der Waals surface area (Å²) in [5.74, 6) is -0.0763. The summed E-state index contributed by atoms with van der Waals surface area (Å²) in [6, 6.07) is 0. The molecule has 0 heterocycles. The minimum absolute atomic E-state index is 0.0763. The summed E-state index contributed by atoms with van der Waals surface area (Å²) in [6.45, 7) is 2.27. The third-order valence-electron chi connectivity index (χ3n) is 3.87. The fourth-order valence-electron chi connectivity index (χ4n) is 2.44. The first-order valence-corrected chi connectivity index (χ1v) is 9.03. The molecule has 0 aromatic rings. The predicted octanol–water partition coefficient (Wildman–Crippen LogP) is 6.20. The van der Waals surface area contributed by atoms with Crippen LogP contribution in [-0.4, -0.2) is 13.1 Å². The molecule has 0 aromatic heterocycles. The van der Waals surface area contributed by atoms with Crippen LogP contribution in [0.4, 0.5) is 0 Å². The molecule has 0 unspecified atom stereocenters. The van der Waals surface area contributed by atoms with E-state index in [1.54, 1.807) is 0 Å². The van der Waals surface area contributed by atoms with E-state index in [0.29, 0.717) is 6.42 Å². The van der Waals surface area contributed by atoms with E-state index in [0.717, 1.165) is 12.8 Å². The molecule has 0 amide bonds. The number of unbranched alkanes of at least 4 members (excludes halogenated alkanes) is 11. The van der Waals surface area contributed by atoms with Gasteiger partial charge in [0.15, 0.2) is 0 Å². The van der Waals surface area contributed by atoms with E-state index < -0.39 is 0 Å². The second-order valence-electron chi connectivity index (χ2n) is 5.91. The Morgan fingerprint density at radius 3 is 1.76 bits per heavy atom. The lowest BCUT2D eigenvalue weighted by molar-refractivity contribution is -0.140. The van der Waals surface area contributed by atoms with Crippen molar-refractivity contribution in [3.63, 3.8) is 0 Å². The van der Waals surface area contributed by atoms with Crippen molar-refractivity contribution in [2.75, 3.05) is 7.11 Å². The van der Waals surface area contributed by atoms with Gasteiger partial charge in [-0.15, -0.1) is 0 Å². The molecule has 0 spiro atoms. The molecule has 0 aromatic carbocycles. The highest BCUT2D eigenvalue weighted by Gasteiger charge is 1.98. The van der Waals surface area contributed by atoms with Gasteiger partial charge in [0, 0.05) is 6.42 Å². The second kappa shape index (κ2) is 17.3. The van der Waals surface area contributed by atoms with Crippen molar-refractivity contribution < 1.29 is 9.53 Å². The van der Waals surface area contributed by atoms with Gasteiger partial charge in [0.1, 0.15) is 0 Å². The second-order valence-corrected chi connectivity index (χ2v) is 5.91. The summed E-state index contributed by atoms with van der Waals surface area (Å²) < 4.78 is 4.62. The molecular formula is C19H36O2. The number of carbonyl (C=O) groups excluding carboxylic acids is 1. The normalized spacial score (nSPS) is 11.1. The molecule has 0 rings (SSSR count). The molecule has 21 heavy (non-hydrogen) atoms. The Hall–Kier alpha value is -0.790. The van der Waals surface area contributed by atoms with Gasteiger partial charge in [-0.1, -0.05) is 70.4 Å². The fourth-order valence-corrected chi connectivity index (χ4v) is 2.44. The smallest absolute Gasteiger partial charge is 0.305 e. The van der Waals surface area contributed by atoms with Crippen LogP contribution in [0.15, 0.2) is 12.2 Å². The van der Waals surface area contributed by atoms with Crippen molar-refractivity contribution in [2.45, 2.75) is 96.8 Å². The maximum absolute atomic E-state index is 10.9. The van der Waals surface area contributed by atoms with Gasteiger partial charge in [-0.05, 0) is 32.1 Å². The Balaban J connectivity index is 3.10. The summed E-state index contributed by atoms with van der Waals surface area (Å²) >= 11 is 0. The van der Waals surface area contributed by atoms with E-state index in [1.807, 2.05) is 0 Å². The minimum Gasteiger partial charge on any atom is -0.469 e. The lowest BCUT2D eigenvalue weighted by Gasteiger charge is -2.00. The number of hydrogen-bond donors (Lipinski definition) is 0. The van der Waals surface area contributed by atoms with Crippen LogP contribution in [0.1, 0.15) is 96.8 Å². The van der Waals surface area contributed by atoms with Crippen LogP contribution in [0, 0.1) is 0 Å². The highest BCUT2D eigenvalue weighted by atomic mass is 16.6. The van der Waals surface area contributed by atoms with Gasteiger partial charge in [0.2, 0.25) is 0 Å². The number of carbonyl (C=O) groups is 1. The zero-order valence-corrected chi connectivity index (χ0v) is 14.4. The third-order valence-corrected chi connectivity index (χ3v) is 3.87. The first-order valence-electron chi connectivity index (χ1n) is 9.03. The zero-order valence-electron chi connectivity index (χ0n) is 14.4. The SMILES string of the molecule is CCCCCCCC/C=C\CCCCCCC[13C](=O)OC. The molecule has 0 bridgehead atoms. The average Bonchev–Trinajstić information content (AvgIpc) is 2.50. The molecule has 0 saturated carbocycles. The topological polar surface area (TPSA) is 26.3 Å². The van der Waals surface area contributed by atoms with Crippen molar-refractivity contribution in [1.29, 1.82) is 0 Å². The van der Waals surface area contributed by atoms with Gasteiger partial charge in [0.25, 0.3) is 0 Å². The molecule has 0 aliphatic carbocycles. The van der Waals surface area contributed by atoms with Gasteiger partial charge in [-0.2, -0.15) is 0 Å². The van der Waals surface area contributed by atoms with Crippen LogP contribution in [-0.2, 0) is 9.53 Å². The van der Waals surface area contributed by atoms with Crippen LogP contribution in [0.25, 0.3) is 0 Å². The maximum atomic E-state index is 10.9. The van der Waals surface area contributed by atoms with Crippen LogP contribution in [0.2, 0.25) is 0 Å². The van der Waals surface area contributed by atoms with E-state index in [9.17, 15) is 4.79 Å². The number of methoxy groups -OCH3 is 1. The standard InChI is InChI=1S/C19H36O2/c1-3-4-5-6-7-8-9-10-11-12-13-14-15-16-17-18-19(20)21-2/h10-11H,3-9,12-18H2,1-2H3/b11-10-/i19+1. The van der Waals surface area contributed by atoms with E-state index in [2.05, 4.69) is 23.8 Å². The largest absolute Gasteiger partial charge is 0.469 e. The van der Waals surface area contributed by atoms with E-state index in [1.165, 1.54) is 77.7 Å². The number of ether oxygens (including phenoxy) is 1. The Bertz CT molecular complexity index is 246. The van der Waals surface area contributed by atoms with Gasteiger partial charge < -0.3 is 4.74 Å². The highest BCUT2D eigenvalue weighted by molar-refractivity contribution is 5.68. The van der Waals surface area contributed by atoms with Crippen molar-refractivity contribution in [1.82, 2.24) is 0 Å². The van der Waals surface area contributed by atoms with Crippen molar-refractivity contribution in [3.8, 4) is 0 Å². The van der Waals surface area contributed by atoms with Gasteiger partial charge in [0.05, 0.1) is 7.11 Å². The molecule has 124 valence electrons. The zero-order chi connectivity index (χ0) is 15.6. The molecule has 0 atom stereocenters. The maximum Gasteiger partial charge on any atom is 0.305 e. The van der Waals surface area contributed by atoms with Gasteiger partial charge in [-0.3, -0.25) is 4.79 Å². The van der Waals surface area contributed by atoms with Gasteiger partial charge >= 0.3 is 5.97 Å². The molecule has 0 N–H and O–H groups in total. The van der Waals surface area contributed by atoms with E-state index in [-0.39, 0.29) is 5.97 Å². The molecule has 0 fully saturated rings. The quantitative estimate of drug-likeness (QED) is 0.156. The molecule has 0 aliphatic heterocycles. The Kier molecular flexibility index (Phi) is 16.6. The van der Waals surface area contributed by atoms with Crippen LogP contribution in [0.3, 0.4) is 0 Å². The molecular weight excluding hydrogens is 261 g/mol. The summed E-state index contributed by atoms with van der Waals surface area (Å²) in [4.78, 5) is 10.9. The molecule has 0 saturated heterocycles. The lowest BCUT2D eigenvalue weighted by atomic mass is 10.1. The van der Waals surface area contributed by atoms with Crippen LogP contribution >= 0.6 is 0 Å². The number of allylic oxidation sites excluding steroid dienone is 2. The Morgan fingerprint density at radius 1 is 0.762 bits per heavy atom. The molecule has 2 heteroatoms. The third kappa shape index (κ3) is 17.2. The summed E-state index contributed by atoms with van der Waals surface area (Å²) in [5, 5.41) is 0. The minimum atomic E-state index is -0.0763. The highest BCUT2D eigenvalue weighted by Crippen LogP contribution is 2.10. The average molecular weight is 297 g/mol. The van der Waals surface area contributed by atoms with Crippen molar-refractivity contribution in [2.24, 2.45) is 0 Å². The van der Waals surface area contributed by atoms with Crippen molar-refractivity contribution >= 4 is 5.97 Å². The first-order chi connectivity index (χ1) is 10.3. The van der Waals surface area contributed by atoms with E-state index in [4.69, 9.17) is 0 Å². The Morgan fingerprint density at radius 2 is 1.24 bits per heavy atom. The lowest BCUT2D eigenvalue weighted by Crippen LogP contribution is -1.98. The summed E-state index contributed by atoms with van der Waals surface area (Å²) in [6.07, 6.45) is 22.0. The summed E-state index contributed by atoms with van der Waals surface area (Å²) in [5.41, 5.74) is 0. The van der Waals surface area contributed by atoms with E-state index >= 15 is 0 Å². The summed E-state index contributed by atoms with van der Waals surface area (Å²) in [7, 11) is 1.46. The van der Waals surface area contributed by atoms with Crippen LogP contribution in [0.5, 0.6) is 0 Å². The van der Waals surface area contributed by atoms with Crippen LogP contribution < -0.4 is 0 Å². The number of esters is 1. The van der Waals surface area contributed by atoms with Crippen molar-refractivity contribution in [3.05, 3.63) is 12.2 Å². The van der Waals surface area contributed by atoms with Gasteiger partial charge in [-0.25, -0.2) is 0 Å².